The van der Waals surface area contributed by atoms with E-state index in [9.17, 15) is 4.79 Å². The number of nitrogens with two attached hydrogens (primary N) is 1. The first-order valence-electron chi connectivity index (χ1n) is 5.62. The molecule has 0 radical (unpaired) electrons. The van der Waals surface area contributed by atoms with Gasteiger partial charge in [-0.05, 0) is 30.5 Å². The topological polar surface area (TPSA) is 61.5 Å². The van der Waals surface area contributed by atoms with Crippen LogP contribution in [-0.2, 0) is 9.53 Å². The molecule has 0 aromatic heterocycles. The van der Waals surface area contributed by atoms with Crippen LogP contribution in [0, 0.1) is 5.41 Å². The van der Waals surface area contributed by atoms with Gasteiger partial charge in [-0.2, -0.15) is 0 Å². The predicted octanol–water partition coefficient (Wildman–Crippen LogP) is 1.65. The summed E-state index contributed by atoms with van der Waals surface area (Å²) in [4.78, 5) is 11.7. The Balaban J connectivity index is 2.25. The maximum absolute atomic E-state index is 11.7. The van der Waals surface area contributed by atoms with E-state index in [1.54, 1.807) is 7.11 Å². The lowest BCUT2D eigenvalue weighted by molar-refractivity contribution is -0.148. The summed E-state index contributed by atoms with van der Waals surface area (Å²) in [5, 5.41) is 0. The number of rotatable bonds is 4. The lowest BCUT2D eigenvalue weighted by atomic mass is 9.91. The highest BCUT2D eigenvalue weighted by Gasteiger charge is 2.56. The normalized spacial score (nSPS) is 18.3. The Bertz CT molecular complexity index is 426. The molecule has 0 aliphatic heterocycles. The molecule has 17 heavy (non-hydrogen) atoms. The third-order valence-electron chi connectivity index (χ3n) is 3.43. The zero-order chi connectivity index (χ0) is 12.5. The maximum atomic E-state index is 11.7. The molecule has 4 nitrogen and oxygen atoms in total. The Kier molecular flexibility index (Phi) is 3.07. The van der Waals surface area contributed by atoms with Gasteiger partial charge in [-0.15, -0.1) is 0 Å². The van der Waals surface area contributed by atoms with Gasteiger partial charge in [-0.25, -0.2) is 0 Å². The Labute approximate surface area is 101 Å². The lowest BCUT2D eigenvalue weighted by Crippen LogP contribution is -2.31. The second kappa shape index (κ2) is 4.37. The van der Waals surface area contributed by atoms with E-state index in [0.717, 1.165) is 24.2 Å². The predicted molar refractivity (Wildman–Crippen MR) is 63.6 cm³/mol. The molecule has 1 aliphatic rings. The van der Waals surface area contributed by atoms with Gasteiger partial charge in [0.05, 0.1) is 19.6 Å². The van der Waals surface area contributed by atoms with Crippen LogP contribution in [0.1, 0.15) is 24.4 Å². The van der Waals surface area contributed by atoms with E-state index in [1.807, 2.05) is 24.3 Å². The molecule has 1 aromatic carbocycles. The molecule has 1 saturated carbocycles. The molecule has 0 spiro atoms. The minimum Gasteiger partial charge on any atom is -0.497 e. The summed E-state index contributed by atoms with van der Waals surface area (Å²) in [6, 6.07) is 7.18. The molecule has 92 valence electrons. The van der Waals surface area contributed by atoms with E-state index < -0.39 is 5.41 Å². The molecule has 0 heterocycles. The smallest absolute Gasteiger partial charge is 0.313 e. The molecule has 0 amide bonds. The molecule has 0 saturated heterocycles. The summed E-state index contributed by atoms with van der Waals surface area (Å²) in [7, 11) is 3.01. The fourth-order valence-electron chi connectivity index (χ4n) is 2.13. The first-order chi connectivity index (χ1) is 8.14. The fourth-order valence-corrected chi connectivity index (χ4v) is 2.13. The van der Waals surface area contributed by atoms with Crippen molar-refractivity contribution in [2.75, 3.05) is 14.2 Å². The number of ether oxygens (including phenoxy) is 2. The van der Waals surface area contributed by atoms with E-state index in [1.165, 1.54) is 7.11 Å². The number of benzene rings is 1. The average molecular weight is 235 g/mol. The Morgan fingerprint density at radius 1 is 1.41 bits per heavy atom. The third kappa shape index (κ3) is 2.00. The van der Waals surface area contributed by atoms with Gasteiger partial charge in [0.1, 0.15) is 5.75 Å². The number of esters is 1. The second-order valence-corrected chi connectivity index (χ2v) is 4.40. The second-order valence-electron chi connectivity index (χ2n) is 4.40. The van der Waals surface area contributed by atoms with Gasteiger partial charge in [0, 0.05) is 6.04 Å². The summed E-state index contributed by atoms with van der Waals surface area (Å²) in [5.74, 6) is 0.534. The average Bonchev–Trinajstić information content (AvgIpc) is 3.18. The summed E-state index contributed by atoms with van der Waals surface area (Å²) in [6.07, 6.45) is 1.58. The minimum atomic E-state index is -0.527. The van der Waals surface area contributed by atoms with Crippen LogP contribution in [-0.4, -0.2) is 20.2 Å². The van der Waals surface area contributed by atoms with Crippen molar-refractivity contribution >= 4 is 5.97 Å². The molecular formula is C13H17NO3. The molecule has 1 atom stereocenters. The molecule has 2 N–H and O–H groups in total. The van der Waals surface area contributed by atoms with Gasteiger partial charge in [0.25, 0.3) is 0 Å². The molecule has 4 heteroatoms. The molecule has 0 bridgehead atoms. The standard InChI is InChI=1S/C13H17NO3/c1-16-10-5-3-4-9(8-10)11(14)13(6-7-13)12(15)17-2/h3-5,8,11H,6-7,14H2,1-2H3. The fraction of sp³-hybridized carbons (Fsp3) is 0.462. The van der Waals surface area contributed by atoms with Crippen molar-refractivity contribution < 1.29 is 14.3 Å². The highest BCUT2D eigenvalue weighted by atomic mass is 16.5. The molecule has 1 unspecified atom stereocenters. The van der Waals surface area contributed by atoms with Crippen molar-refractivity contribution in [3.8, 4) is 5.75 Å². The van der Waals surface area contributed by atoms with E-state index in [2.05, 4.69) is 0 Å². The third-order valence-corrected chi connectivity index (χ3v) is 3.43. The van der Waals surface area contributed by atoms with Crippen LogP contribution in [0.25, 0.3) is 0 Å². The Hall–Kier alpha value is -1.55. The number of carbonyl (C=O) groups excluding carboxylic acids is 1. The Morgan fingerprint density at radius 3 is 2.65 bits per heavy atom. The monoisotopic (exact) mass is 235 g/mol. The number of methoxy groups -OCH3 is 2. The van der Waals surface area contributed by atoms with E-state index in [0.29, 0.717) is 0 Å². The summed E-state index contributed by atoms with van der Waals surface area (Å²) in [6.45, 7) is 0. The summed E-state index contributed by atoms with van der Waals surface area (Å²) in [5.41, 5.74) is 6.56. The quantitative estimate of drug-likeness (QED) is 0.806. The molecule has 2 rings (SSSR count). The van der Waals surface area contributed by atoms with Crippen molar-refractivity contribution in [2.24, 2.45) is 11.1 Å². The van der Waals surface area contributed by atoms with E-state index in [-0.39, 0.29) is 12.0 Å². The van der Waals surface area contributed by atoms with Crippen LogP contribution in [0.15, 0.2) is 24.3 Å². The largest absolute Gasteiger partial charge is 0.497 e. The van der Waals surface area contributed by atoms with Crippen LogP contribution in [0.2, 0.25) is 0 Å². The van der Waals surface area contributed by atoms with Crippen molar-refractivity contribution in [1.29, 1.82) is 0 Å². The lowest BCUT2D eigenvalue weighted by Gasteiger charge is -2.21. The minimum absolute atomic E-state index is 0.215. The van der Waals surface area contributed by atoms with Crippen molar-refractivity contribution in [2.45, 2.75) is 18.9 Å². The SMILES string of the molecule is COC(=O)C1(C(N)c2cccc(OC)c2)CC1. The summed E-state index contributed by atoms with van der Waals surface area (Å²) >= 11 is 0. The Morgan fingerprint density at radius 2 is 2.12 bits per heavy atom. The first kappa shape index (κ1) is 11.9. The molecule has 1 aliphatic carbocycles. The van der Waals surface area contributed by atoms with Crippen molar-refractivity contribution in [3.05, 3.63) is 29.8 Å². The number of hydrogen-bond acceptors (Lipinski definition) is 4. The van der Waals surface area contributed by atoms with E-state index >= 15 is 0 Å². The van der Waals surface area contributed by atoms with Gasteiger partial charge >= 0.3 is 5.97 Å². The van der Waals surface area contributed by atoms with Crippen LogP contribution in [0.5, 0.6) is 5.75 Å². The van der Waals surface area contributed by atoms with Gasteiger partial charge in [-0.3, -0.25) is 4.79 Å². The van der Waals surface area contributed by atoms with Crippen LogP contribution < -0.4 is 10.5 Å². The zero-order valence-corrected chi connectivity index (χ0v) is 10.1. The summed E-state index contributed by atoms with van der Waals surface area (Å²) < 4.78 is 9.98. The maximum Gasteiger partial charge on any atom is 0.313 e. The highest BCUT2D eigenvalue weighted by molar-refractivity contribution is 5.81. The van der Waals surface area contributed by atoms with Crippen LogP contribution in [0.4, 0.5) is 0 Å². The van der Waals surface area contributed by atoms with Gasteiger partial charge in [0.2, 0.25) is 0 Å². The van der Waals surface area contributed by atoms with Crippen LogP contribution >= 0.6 is 0 Å². The highest BCUT2D eigenvalue weighted by Crippen LogP contribution is 2.54. The van der Waals surface area contributed by atoms with Crippen LogP contribution in [0.3, 0.4) is 0 Å². The molecular weight excluding hydrogens is 218 g/mol. The number of hydrogen-bond donors (Lipinski definition) is 1. The number of carbonyl (C=O) groups is 1. The molecule has 1 aromatic rings. The van der Waals surface area contributed by atoms with Gasteiger partial charge in [-0.1, -0.05) is 12.1 Å². The van der Waals surface area contributed by atoms with E-state index in [4.69, 9.17) is 15.2 Å². The first-order valence-corrected chi connectivity index (χ1v) is 5.62. The van der Waals surface area contributed by atoms with Gasteiger partial charge < -0.3 is 15.2 Å². The zero-order valence-electron chi connectivity index (χ0n) is 10.1. The van der Waals surface area contributed by atoms with Crippen molar-refractivity contribution in [1.82, 2.24) is 0 Å². The van der Waals surface area contributed by atoms with Crippen molar-refractivity contribution in [3.63, 3.8) is 0 Å². The molecule has 1 fully saturated rings. The van der Waals surface area contributed by atoms with Gasteiger partial charge in [0.15, 0.2) is 0 Å².